The summed E-state index contributed by atoms with van der Waals surface area (Å²) in [4.78, 5) is 31.2. The second-order valence-electron chi connectivity index (χ2n) is 8.15. The van der Waals surface area contributed by atoms with E-state index in [0.717, 1.165) is 49.7 Å². The van der Waals surface area contributed by atoms with Gasteiger partial charge in [0.25, 0.3) is 5.91 Å². The van der Waals surface area contributed by atoms with Crippen molar-refractivity contribution in [3.63, 3.8) is 0 Å². The number of anilines is 2. The van der Waals surface area contributed by atoms with Crippen molar-refractivity contribution in [2.24, 2.45) is 0 Å². The van der Waals surface area contributed by atoms with E-state index in [9.17, 15) is 9.59 Å². The van der Waals surface area contributed by atoms with E-state index in [1.54, 1.807) is 6.07 Å². The van der Waals surface area contributed by atoms with Gasteiger partial charge < -0.3 is 20.4 Å². The molecule has 2 N–H and O–H groups in total. The highest BCUT2D eigenvalue weighted by atomic mass is 32.1. The van der Waals surface area contributed by atoms with Crippen molar-refractivity contribution < 1.29 is 9.59 Å². The summed E-state index contributed by atoms with van der Waals surface area (Å²) in [5, 5.41) is 7.74. The highest BCUT2D eigenvalue weighted by Crippen LogP contribution is 2.20. The second-order valence-corrected chi connectivity index (χ2v) is 9.10. The minimum absolute atomic E-state index is 0.229. The molecule has 1 aromatic heterocycles. The van der Waals surface area contributed by atoms with Crippen molar-refractivity contribution in [2.45, 2.75) is 19.4 Å². The molecule has 1 aliphatic rings. The Morgan fingerprint density at radius 2 is 1.67 bits per heavy atom. The third kappa shape index (κ3) is 6.21. The molecule has 4 rings (SSSR count). The summed E-state index contributed by atoms with van der Waals surface area (Å²) in [6.45, 7) is 7.44. The molecule has 1 aliphatic heterocycles. The number of carbonyl (C=O) groups is 2. The van der Waals surface area contributed by atoms with Crippen molar-refractivity contribution >= 4 is 34.5 Å². The molecule has 33 heavy (non-hydrogen) atoms. The van der Waals surface area contributed by atoms with Gasteiger partial charge in [-0.3, -0.25) is 9.59 Å². The van der Waals surface area contributed by atoms with Gasteiger partial charge in [-0.1, -0.05) is 43.3 Å². The number of rotatable bonds is 8. The summed E-state index contributed by atoms with van der Waals surface area (Å²) in [7, 11) is 0. The summed E-state index contributed by atoms with van der Waals surface area (Å²) >= 11 is 1.36. The average molecular weight is 463 g/mol. The molecule has 1 saturated heterocycles. The van der Waals surface area contributed by atoms with Crippen LogP contribution in [0.25, 0.3) is 0 Å². The molecule has 2 heterocycles. The molecule has 0 bridgehead atoms. The molecule has 0 aliphatic carbocycles. The van der Waals surface area contributed by atoms with Crippen LogP contribution in [0, 0.1) is 0 Å². The van der Waals surface area contributed by atoms with Crippen LogP contribution in [0.3, 0.4) is 0 Å². The van der Waals surface area contributed by atoms with Crippen LogP contribution < -0.4 is 15.5 Å². The van der Waals surface area contributed by atoms with Crippen LogP contribution >= 0.6 is 11.3 Å². The molecule has 3 aromatic rings. The summed E-state index contributed by atoms with van der Waals surface area (Å²) in [5.74, 6) is -0.462. The van der Waals surface area contributed by atoms with Crippen molar-refractivity contribution in [1.82, 2.24) is 10.2 Å². The number of piperazine rings is 1. The molecule has 2 aromatic carbocycles. The molecule has 0 spiro atoms. The minimum atomic E-state index is -0.677. The highest BCUT2D eigenvalue weighted by Gasteiger charge is 2.23. The number of hydrogen-bond donors (Lipinski definition) is 2. The minimum Gasteiger partial charge on any atom is -0.369 e. The third-order valence-corrected chi connectivity index (χ3v) is 6.84. The van der Waals surface area contributed by atoms with Gasteiger partial charge >= 0.3 is 0 Å². The average Bonchev–Trinajstić information content (AvgIpc) is 3.40. The first-order valence-corrected chi connectivity index (χ1v) is 12.3. The van der Waals surface area contributed by atoms with Crippen molar-refractivity contribution in [3.05, 3.63) is 82.6 Å². The number of nitrogens with one attached hydrogen (secondary N) is 2. The smallest absolute Gasteiger partial charge is 0.262 e. The molecule has 1 fully saturated rings. The van der Waals surface area contributed by atoms with Gasteiger partial charge in [-0.25, -0.2) is 0 Å². The lowest BCUT2D eigenvalue weighted by Gasteiger charge is -2.35. The molecule has 6 nitrogen and oxygen atoms in total. The van der Waals surface area contributed by atoms with E-state index in [1.807, 2.05) is 66.0 Å². The maximum atomic E-state index is 13.1. The molecule has 0 radical (unpaired) electrons. The van der Waals surface area contributed by atoms with Gasteiger partial charge in [0.15, 0.2) is 0 Å². The molecule has 2 amide bonds. The highest BCUT2D eigenvalue weighted by molar-refractivity contribution is 7.12. The number of carbonyl (C=O) groups excluding carboxylic acids is 2. The Labute approximate surface area is 199 Å². The fourth-order valence-electron chi connectivity index (χ4n) is 4.00. The molecule has 7 heteroatoms. The van der Waals surface area contributed by atoms with Gasteiger partial charge in [0, 0.05) is 44.0 Å². The molecular weight excluding hydrogens is 432 g/mol. The summed E-state index contributed by atoms with van der Waals surface area (Å²) in [6, 6.07) is 20.6. The number of benzene rings is 2. The molecule has 0 saturated carbocycles. The quantitative estimate of drug-likeness (QED) is 0.533. The number of thiophene rings is 1. The van der Waals surface area contributed by atoms with Crippen LogP contribution in [-0.2, 0) is 11.2 Å². The Bertz CT molecular complexity index is 1030. The number of hydrogen-bond acceptors (Lipinski definition) is 5. The maximum absolute atomic E-state index is 13.1. The number of amides is 2. The zero-order chi connectivity index (χ0) is 23.0. The van der Waals surface area contributed by atoms with E-state index in [-0.39, 0.29) is 11.8 Å². The lowest BCUT2D eigenvalue weighted by Crippen LogP contribution is -2.46. The Hall–Kier alpha value is -3.16. The van der Waals surface area contributed by atoms with Gasteiger partial charge in [-0.2, -0.15) is 0 Å². The Kier molecular flexibility index (Phi) is 7.75. The Balaban J connectivity index is 1.41. The normalized spacial score (nSPS) is 15.1. The molecule has 172 valence electrons. The largest absolute Gasteiger partial charge is 0.369 e. The number of likely N-dealkylation sites (N-methyl/N-ethyl adjacent to an activating group) is 1. The first-order chi connectivity index (χ1) is 16.1. The SMILES string of the molecule is CCN1CCN(c2ccc(NC(=O)[C@@H](Cc3ccccc3)NC(=O)c3cccs3)cc2)CC1. The van der Waals surface area contributed by atoms with E-state index in [4.69, 9.17) is 0 Å². The fourth-order valence-corrected chi connectivity index (χ4v) is 4.63. The van der Waals surface area contributed by atoms with Crippen molar-refractivity contribution in [1.29, 1.82) is 0 Å². The predicted molar refractivity (Wildman–Crippen MR) is 135 cm³/mol. The van der Waals surface area contributed by atoms with Crippen LogP contribution in [0.15, 0.2) is 72.1 Å². The van der Waals surface area contributed by atoms with Crippen LogP contribution in [0.4, 0.5) is 11.4 Å². The van der Waals surface area contributed by atoms with Gasteiger partial charge in [0.05, 0.1) is 4.88 Å². The lowest BCUT2D eigenvalue weighted by molar-refractivity contribution is -0.118. The molecule has 0 unspecified atom stereocenters. The Morgan fingerprint density at radius 1 is 0.939 bits per heavy atom. The van der Waals surface area contributed by atoms with E-state index in [1.165, 1.54) is 11.3 Å². The van der Waals surface area contributed by atoms with E-state index < -0.39 is 6.04 Å². The van der Waals surface area contributed by atoms with Crippen LogP contribution in [0.5, 0.6) is 0 Å². The van der Waals surface area contributed by atoms with Crippen molar-refractivity contribution in [3.8, 4) is 0 Å². The fraction of sp³-hybridized carbons (Fsp3) is 0.308. The van der Waals surface area contributed by atoms with Crippen LogP contribution in [-0.4, -0.2) is 55.5 Å². The van der Waals surface area contributed by atoms with Gasteiger partial charge in [0.1, 0.15) is 6.04 Å². The van der Waals surface area contributed by atoms with E-state index in [2.05, 4.69) is 27.4 Å². The summed E-state index contributed by atoms with van der Waals surface area (Å²) < 4.78 is 0. The summed E-state index contributed by atoms with van der Waals surface area (Å²) in [6.07, 6.45) is 0.420. The lowest BCUT2D eigenvalue weighted by atomic mass is 10.0. The zero-order valence-corrected chi connectivity index (χ0v) is 19.7. The van der Waals surface area contributed by atoms with Gasteiger partial charge in [-0.15, -0.1) is 11.3 Å². The van der Waals surface area contributed by atoms with Crippen LogP contribution in [0.1, 0.15) is 22.2 Å². The molecular formula is C26H30N4O2S. The van der Waals surface area contributed by atoms with Gasteiger partial charge in [-0.05, 0) is 47.8 Å². The third-order valence-electron chi connectivity index (χ3n) is 5.97. The first-order valence-electron chi connectivity index (χ1n) is 11.4. The Morgan fingerprint density at radius 3 is 2.30 bits per heavy atom. The first kappa shape index (κ1) is 23.0. The predicted octanol–water partition coefficient (Wildman–Crippen LogP) is 3.87. The maximum Gasteiger partial charge on any atom is 0.262 e. The van der Waals surface area contributed by atoms with E-state index in [0.29, 0.717) is 11.3 Å². The topological polar surface area (TPSA) is 64.7 Å². The van der Waals surface area contributed by atoms with Gasteiger partial charge in [0.2, 0.25) is 5.91 Å². The monoisotopic (exact) mass is 462 g/mol. The molecule has 1 atom stereocenters. The zero-order valence-electron chi connectivity index (χ0n) is 18.9. The number of nitrogens with zero attached hydrogens (tertiary/aromatic N) is 2. The second kappa shape index (κ2) is 11.1. The summed E-state index contributed by atoms with van der Waals surface area (Å²) in [5.41, 5.74) is 2.88. The van der Waals surface area contributed by atoms with E-state index >= 15 is 0 Å². The standard InChI is InChI=1S/C26H30N4O2S/c1-2-29-14-16-30(17-15-29)22-12-10-21(11-13-22)27-25(31)23(19-20-7-4-3-5-8-20)28-26(32)24-9-6-18-33-24/h3-13,18,23H,2,14-17,19H2,1H3,(H,27,31)(H,28,32)/t23-/m1/s1. The van der Waals surface area contributed by atoms with Crippen molar-refractivity contribution in [2.75, 3.05) is 42.9 Å². The van der Waals surface area contributed by atoms with Crippen LogP contribution in [0.2, 0.25) is 0 Å².